The molecule has 130 valence electrons. The number of hydrogen-bond donors (Lipinski definition) is 0. The van der Waals surface area contributed by atoms with Crippen molar-refractivity contribution in [3.8, 4) is 11.6 Å². The third-order valence-electron chi connectivity index (χ3n) is 2.99. The van der Waals surface area contributed by atoms with Gasteiger partial charge in [-0.2, -0.15) is 13.2 Å². The molecule has 0 saturated carbocycles. The highest BCUT2D eigenvalue weighted by atomic mass is 35.5. The van der Waals surface area contributed by atoms with Crippen LogP contribution in [0.5, 0.6) is 11.6 Å². The van der Waals surface area contributed by atoms with Gasteiger partial charge in [0.25, 0.3) is 5.88 Å². The molecule has 1 aromatic heterocycles. The minimum Gasteiger partial charge on any atom is -0.437 e. The molecule has 0 aliphatic rings. The molecule has 0 spiro atoms. The second kappa shape index (κ2) is 6.68. The van der Waals surface area contributed by atoms with Crippen molar-refractivity contribution in [1.82, 2.24) is 9.97 Å². The van der Waals surface area contributed by atoms with E-state index in [1.54, 1.807) is 0 Å². The molecule has 25 heavy (non-hydrogen) atoms. The summed E-state index contributed by atoms with van der Waals surface area (Å²) in [6, 6.07) is 6.50. The van der Waals surface area contributed by atoms with Crippen LogP contribution < -0.4 is 4.74 Å². The molecule has 0 aliphatic heterocycles. The number of aromatic nitrogens is 2. The second-order valence-corrected chi connectivity index (χ2v) is 6.52. The van der Waals surface area contributed by atoms with Gasteiger partial charge in [-0.3, -0.25) is 0 Å². The Morgan fingerprint density at radius 1 is 0.760 bits per heavy atom. The highest BCUT2D eigenvalue weighted by Crippen LogP contribution is 2.38. The van der Waals surface area contributed by atoms with Gasteiger partial charge >= 0.3 is 6.18 Å². The van der Waals surface area contributed by atoms with Crippen LogP contribution in [0.4, 0.5) is 13.2 Å². The quantitative estimate of drug-likeness (QED) is 0.439. The average Bonchev–Trinajstić information content (AvgIpc) is 2.46. The minimum absolute atomic E-state index is 0.0169. The van der Waals surface area contributed by atoms with Crippen molar-refractivity contribution in [1.29, 1.82) is 0 Å². The Kier molecular flexibility index (Phi) is 4.90. The Bertz CT molecular complexity index is 959. The van der Waals surface area contributed by atoms with Crippen LogP contribution in [0.15, 0.2) is 30.3 Å². The SMILES string of the molecule is FC(F)(F)c1nc2cc(Cl)c(Cl)cc2nc1Oc1cc(Cl)cc(Cl)c1. The van der Waals surface area contributed by atoms with Crippen molar-refractivity contribution in [2.24, 2.45) is 0 Å². The van der Waals surface area contributed by atoms with Crippen LogP contribution in [0.1, 0.15) is 5.69 Å². The van der Waals surface area contributed by atoms with Gasteiger partial charge in [-0.25, -0.2) is 9.97 Å². The lowest BCUT2D eigenvalue weighted by atomic mass is 10.2. The van der Waals surface area contributed by atoms with E-state index in [2.05, 4.69) is 9.97 Å². The van der Waals surface area contributed by atoms with Gasteiger partial charge in [0.2, 0.25) is 5.69 Å². The highest BCUT2D eigenvalue weighted by molar-refractivity contribution is 6.42. The number of fused-ring (bicyclic) bond motifs is 1. The Hall–Kier alpha value is -1.47. The van der Waals surface area contributed by atoms with E-state index in [0.29, 0.717) is 0 Å². The molecule has 0 fully saturated rings. The van der Waals surface area contributed by atoms with E-state index in [-0.39, 0.29) is 36.9 Å². The highest BCUT2D eigenvalue weighted by Gasteiger charge is 2.38. The molecule has 3 rings (SSSR count). The zero-order valence-corrected chi connectivity index (χ0v) is 14.9. The van der Waals surface area contributed by atoms with Gasteiger partial charge in [-0.1, -0.05) is 46.4 Å². The van der Waals surface area contributed by atoms with Crippen molar-refractivity contribution in [3.05, 3.63) is 56.1 Å². The average molecular weight is 428 g/mol. The molecule has 1 heterocycles. The summed E-state index contributed by atoms with van der Waals surface area (Å²) in [4.78, 5) is 7.43. The van der Waals surface area contributed by atoms with Crippen molar-refractivity contribution < 1.29 is 17.9 Å². The minimum atomic E-state index is -4.80. The lowest BCUT2D eigenvalue weighted by molar-refractivity contribution is -0.142. The maximum atomic E-state index is 13.3. The summed E-state index contributed by atoms with van der Waals surface area (Å²) in [6.07, 6.45) is -4.80. The summed E-state index contributed by atoms with van der Waals surface area (Å²) in [6.45, 7) is 0. The molecule has 0 unspecified atom stereocenters. The number of alkyl halides is 3. The van der Waals surface area contributed by atoms with E-state index in [9.17, 15) is 13.2 Å². The molecule has 2 aromatic carbocycles. The van der Waals surface area contributed by atoms with Crippen molar-refractivity contribution in [2.45, 2.75) is 6.18 Å². The summed E-state index contributed by atoms with van der Waals surface area (Å²) in [5.74, 6) is -0.770. The van der Waals surface area contributed by atoms with Crippen molar-refractivity contribution >= 4 is 57.4 Å². The van der Waals surface area contributed by atoms with Gasteiger partial charge < -0.3 is 4.74 Å². The monoisotopic (exact) mass is 426 g/mol. The predicted molar refractivity (Wildman–Crippen MR) is 91.1 cm³/mol. The first-order valence-corrected chi connectivity index (χ1v) is 8.02. The van der Waals surface area contributed by atoms with Gasteiger partial charge in [0, 0.05) is 10.0 Å². The number of benzene rings is 2. The maximum absolute atomic E-state index is 13.3. The first-order valence-electron chi connectivity index (χ1n) is 6.51. The Labute approximate surface area is 159 Å². The molecule has 0 radical (unpaired) electrons. The molecule has 0 saturated heterocycles. The van der Waals surface area contributed by atoms with Gasteiger partial charge in [0.15, 0.2) is 0 Å². The Morgan fingerprint density at radius 2 is 1.28 bits per heavy atom. The van der Waals surface area contributed by atoms with Crippen LogP contribution in [0.25, 0.3) is 11.0 Å². The van der Waals surface area contributed by atoms with E-state index in [1.165, 1.54) is 30.3 Å². The number of ether oxygens (including phenoxy) is 1. The summed E-state index contributed by atoms with van der Waals surface area (Å²) in [5.41, 5.74) is -1.29. The number of halogens is 7. The predicted octanol–water partition coefficient (Wildman–Crippen LogP) is 7.05. The number of hydrogen-bond acceptors (Lipinski definition) is 3. The normalized spacial score (nSPS) is 11.8. The summed E-state index contributed by atoms with van der Waals surface area (Å²) >= 11 is 23.3. The third-order valence-corrected chi connectivity index (χ3v) is 4.15. The smallest absolute Gasteiger partial charge is 0.437 e. The standard InChI is InChI=1S/C15H5Cl4F3N2O/c16-6-1-7(17)3-8(2-6)25-14-13(15(20,21)22)23-11-4-9(18)10(19)5-12(11)24-14/h1-5H. The van der Waals surface area contributed by atoms with Crippen LogP contribution in [0.3, 0.4) is 0 Å². The van der Waals surface area contributed by atoms with Gasteiger partial charge in [0.1, 0.15) is 5.75 Å². The molecular formula is C15H5Cl4F3N2O. The van der Waals surface area contributed by atoms with Crippen LogP contribution in [-0.2, 0) is 6.18 Å². The van der Waals surface area contributed by atoms with Gasteiger partial charge in [-0.15, -0.1) is 0 Å². The van der Waals surface area contributed by atoms with E-state index < -0.39 is 17.8 Å². The zero-order valence-electron chi connectivity index (χ0n) is 11.8. The van der Waals surface area contributed by atoms with Gasteiger partial charge in [0.05, 0.1) is 21.1 Å². The molecule has 0 aliphatic carbocycles. The molecule has 3 nitrogen and oxygen atoms in total. The second-order valence-electron chi connectivity index (χ2n) is 4.84. The molecule has 0 atom stereocenters. The van der Waals surface area contributed by atoms with Crippen LogP contribution >= 0.6 is 46.4 Å². The van der Waals surface area contributed by atoms with Crippen LogP contribution in [0.2, 0.25) is 20.1 Å². The van der Waals surface area contributed by atoms with Gasteiger partial charge in [-0.05, 0) is 30.3 Å². The molecular weight excluding hydrogens is 423 g/mol. The Morgan fingerprint density at radius 3 is 1.80 bits per heavy atom. The number of rotatable bonds is 2. The first-order chi connectivity index (χ1) is 11.6. The molecule has 0 N–H and O–H groups in total. The molecule has 10 heteroatoms. The lowest BCUT2D eigenvalue weighted by Crippen LogP contribution is -2.11. The summed E-state index contributed by atoms with van der Waals surface area (Å²) < 4.78 is 45.2. The fourth-order valence-corrected chi connectivity index (χ4v) is 2.81. The topological polar surface area (TPSA) is 35.0 Å². The maximum Gasteiger partial charge on any atom is 0.438 e. The summed E-state index contributed by atoms with van der Waals surface area (Å²) in [5, 5.41) is 0.575. The van der Waals surface area contributed by atoms with Crippen LogP contribution in [-0.4, -0.2) is 9.97 Å². The summed E-state index contributed by atoms with van der Waals surface area (Å²) in [7, 11) is 0. The van der Waals surface area contributed by atoms with E-state index in [0.717, 1.165) is 0 Å². The van der Waals surface area contributed by atoms with E-state index in [1.807, 2.05) is 0 Å². The van der Waals surface area contributed by atoms with Crippen molar-refractivity contribution in [2.75, 3.05) is 0 Å². The Balaban J connectivity index is 2.19. The third kappa shape index (κ3) is 4.03. The van der Waals surface area contributed by atoms with Crippen LogP contribution in [0, 0.1) is 0 Å². The zero-order chi connectivity index (χ0) is 18.4. The molecule has 0 bridgehead atoms. The van der Waals surface area contributed by atoms with E-state index in [4.69, 9.17) is 51.1 Å². The van der Waals surface area contributed by atoms with E-state index >= 15 is 0 Å². The number of nitrogens with zero attached hydrogens (tertiary/aromatic N) is 2. The molecule has 0 amide bonds. The largest absolute Gasteiger partial charge is 0.438 e. The fourth-order valence-electron chi connectivity index (χ4n) is 1.99. The first kappa shape index (κ1) is 18.3. The molecule has 3 aromatic rings. The fraction of sp³-hybridized carbons (Fsp3) is 0.0667. The lowest BCUT2D eigenvalue weighted by Gasteiger charge is -2.13. The van der Waals surface area contributed by atoms with Crippen molar-refractivity contribution in [3.63, 3.8) is 0 Å².